The highest BCUT2D eigenvalue weighted by molar-refractivity contribution is 7.52. The molecular weight excluding hydrogens is 726 g/mol. The minimum atomic E-state index is -4.42. The molecule has 0 amide bonds. The van der Waals surface area contributed by atoms with Crippen molar-refractivity contribution < 1.29 is 37.4 Å². The highest BCUT2D eigenvalue weighted by atomic mass is 31.2. The lowest BCUT2D eigenvalue weighted by Gasteiger charge is -2.31. The lowest BCUT2D eigenvalue weighted by molar-refractivity contribution is -0.146. The number of nitrogens with one attached hydrogen (secondary N) is 1. The van der Waals surface area contributed by atoms with E-state index in [0.717, 1.165) is 24.8 Å². The van der Waals surface area contributed by atoms with E-state index < -0.39 is 50.4 Å². The molecule has 0 aliphatic carbocycles. The molecule has 4 aromatic rings. The van der Waals surface area contributed by atoms with Crippen molar-refractivity contribution in [2.24, 2.45) is 0 Å². The SMILES string of the molecule is C=C[C@]1(COP(=O)(N[C@@H](Cc2ccccc2)C(=O)OCCCCCCCCCCCCC)Oc2ccccc2)O[C@@H](n2cnc3c(N)nc(F)nc32)C[C@@H]1O. The summed E-state index contributed by atoms with van der Waals surface area (Å²) in [4.78, 5) is 25.2. The molecule has 5 rings (SSSR count). The standard InChI is InChI=1S/C40H54FN6O7P/c1-3-5-6-7-8-9-10-11-12-13-20-25-51-38(49)32(26-30-21-16-14-17-22-30)46-55(50,54-31-23-18-15-19-24-31)52-28-40(4-2)33(48)27-34(53-40)47-29-43-35-36(42)44-39(41)45-37(35)47/h4,14-19,21-24,29,32-34,48H,2-3,5-13,20,25-28H2,1H3,(H,46,50)(H2,42,44,45)/t32-,33-,34+,40+,55?/m0/s1. The maximum atomic E-state index is 14.7. The molecule has 2 aromatic carbocycles. The maximum absolute atomic E-state index is 14.7. The number of carbonyl (C=O) groups excluding carboxylic acids is 1. The Bertz CT molecular complexity index is 1850. The largest absolute Gasteiger partial charge is 0.465 e. The van der Waals surface area contributed by atoms with Gasteiger partial charge in [0, 0.05) is 6.42 Å². The number of rotatable bonds is 24. The van der Waals surface area contributed by atoms with Crippen LogP contribution < -0.4 is 15.3 Å². The Morgan fingerprint density at radius 1 is 1.05 bits per heavy atom. The van der Waals surface area contributed by atoms with E-state index in [4.69, 9.17) is 24.3 Å². The Hall–Kier alpha value is -4.20. The molecule has 55 heavy (non-hydrogen) atoms. The summed E-state index contributed by atoms with van der Waals surface area (Å²) in [5.41, 5.74) is 5.26. The number of nitrogen functional groups attached to an aromatic ring is 1. The Balaban J connectivity index is 1.26. The molecule has 5 atom stereocenters. The predicted octanol–water partition coefficient (Wildman–Crippen LogP) is 8.01. The number of hydrogen-bond donors (Lipinski definition) is 3. The van der Waals surface area contributed by atoms with Crippen LogP contribution in [0.15, 0.2) is 79.6 Å². The highest BCUT2D eigenvalue weighted by Crippen LogP contribution is 2.48. The normalized spacial score (nSPS) is 19.9. The van der Waals surface area contributed by atoms with Crippen LogP contribution >= 0.6 is 7.75 Å². The van der Waals surface area contributed by atoms with Gasteiger partial charge < -0.3 is 24.8 Å². The quantitative estimate of drug-likeness (QED) is 0.0206. The van der Waals surface area contributed by atoms with Crippen LogP contribution in [-0.2, 0) is 29.8 Å². The van der Waals surface area contributed by atoms with Gasteiger partial charge in [0.05, 0.1) is 25.6 Å². The van der Waals surface area contributed by atoms with Crippen LogP contribution in [0, 0.1) is 6.08 Å². The minimum Gasteiger partial charge on any atom is -0.465 e. The number of imidazole rings is 1. The number of unbranched alkanes of at least 4 members (excludes halogenated alkanes) is 10. The molecule has 0 radical (unpaired) electrons. The summed E-state index contributed by atoms with van der Waals surface area (Å²) >= 11 is 0. The van der Waals surface area contributed by atoms with Gasteiger partial charge in [-0.05, 0) is 30.5 Å². The number of nitrogens with zero attached hydrogens (tertiary/aromatic N) is 4. The average Bonchev–Trinajstić information content (AvgIpc) is 3.75. The molecular formula is C40H54FN6O7P. The van der Waals surface area contributed by atoms with Crippen molar-refractivity contribution in [2.75, 3.05) is 18.9 Å². The molecule has 0 bridgehead atoms. The van der Waals surface area contributed by atoms with Crippen molar-refractivity contribution in [1.29, 1.82) is 0 Å². The number of fused-ring (bicyclic) bond motifs is 1. The molecule has 1 fully saturated rings. The molecule has 0 spiro atoms. The Labute approximate surface area is 322 Å². The summed E-state index contributed by atoms with van der Waals surface area (Å²) in [6.07, 6.45) is 12.5. The maximum Gasteiger partial charge on any atom is 0.459 e. The molecule has 0 saturated carbocycles. The van der Waals surface area contributed by atoms with Gasteiger partial charge in [0.1, 0.15) is 23.6 Å². The van der Waals surface area contributed by atoms with Crippen molar-refractivity contribution >= 4 is 30.7 Å². The van der Waals surface area contributed by atoms with Gasteiger partial charge in [0.15, 0.2) is 17.0 Å². The third kappa shape index (κ3) is 11.9. The fourth-order valence-corrected chi connectivity index (χ4v) is 8.12. The number of aromatic nitrogens is 4. The lowest BCUT2D eigenvalue weighted by Crippen LogP contribution is -2.44. The zero-order chi connectivity index (χ0) is 39.1. The molecule has 1 unspecified atom stereocenters. The first-order chi connectivity index (χ1) is 26.6. The number of aliphatic hydroxyl groups excluding tert-OH is 1. The topological polar surface area (TPSA) is 173 Å². The van der Waals surface area contributed by atoms with E-state index in [2.05, 4.69) is 33.5 Å². The van der Waals surface area contributed by atoms with Gasteiger partial charge in [-0.3, -0.25) is 13.9 Å². The number of aliphatic hydroxyl groups is 1. The van der Waals surface area contributed by atoms with Crippen LogP contribution in [0.1, 0.15) is 95.8 Å². The second-order valence-electron chi connectivity index (χ2n) is 13.9. The van der Waals surface area contributed by atoms with Gasteiger partial charge >= 0.3 is 19.8 Å². The number of hydrogen-bond acceptors (Lipinski definition) is 11. The van der Waals surface area contributed by atoms with Crippen LogP contribution in [0.2, 0.25) is 0 Å². The average molecular weight is 781 g/mol. The van der Waals surface area contributed by atoms with Gasteiger partial charge in [0.2, 0.25) is 0 Å². The van der Waals surface area contributed by atoms with E-state index in [1.54, 1.807) is 30.3 Å². The van der Waals surface area contributed by atoms with E-state index in [1.807, 2.05) is 30.3 Å². The van der Waals surface area contributed by atoms with Gasteiger partial charge in [0.25, 0.3) is 0 Å². The smallest absolute Gasteiger partial charge is 0.459 e. The fraction of sp³-hybridized carbons (Fsp3) is 0.500. The summed E-state index contributed by atoms with van der Waals surface area (Å²) in [5, 5.41) is 14.2. The third-order valence-corrected chi connectivity index (χ3v) is 11.3. The summed E-state index contributed by atoms with van der Waals surface area (Å²) < 4.78 is 54.2. The van der Waals surface area contributed by atoms with E-state index in [0.29, 0.717) is 6.42 Å². The van der Waals surface area contributed by atoms with Crippen LogP contribution in [0.4, 0.5) is 10.2 Å². The van der Waals surface area contributed by atoms with E-state index in [9.17, 15) is 18.9 Å². The fourth-order valence-electron chi connectivity index (χ4n) is 6.59. The van der Waals surface area contributed by atoms with Crippen LogP contribution in [0.5, 0.6) is 5.75 Å². The second kappa shape index (κ2) is 20.6. The zero-order valence-electron chi connectivity index (χ0n) is 31.6. The van der Waals surface area contributed by atoms with E-state index in [1.165, 1.54) is 61.9 Å². The molecule has 1 aliphatic rings. The van der Waals surface area contributed by atoms with Crippen molar-refractivity contribution in [1.82, 2.24) is 24.6 Å². The number of benzene rings is 2. The number of carbonyl (C=O) groups is 1. The van der Waals surface area contributed by atoms with Gasteiger partial charge in [-0.25, -0.2) is 9.55 Å². The van der Waals surface area contributed by atoms with Crippen LogP contribution in [0.25, 0.3) is 11.2 Å². The monoisotopic (exact) mass is 780 g/mol. The van der Waals surface area contributed by atoms with Crippen molar-refractivity contribution in [3.05, 3.63) is 91.3 Å². The van der Waals surface area contributed by atoms with E-state index in [-0.39, 0.29) is 42.2 Å². The first-order valence-electron chi connectivity index (χ1n) is 19.3. The summed E-state index contributed by atoms with van der Waals surface area (Å²) in [6.45, 7) is 5.81. The minimum absolute atomic E-state index is 0.00829. The third-order valence-electron chi connectivity index (χ3n) is 9.72. The molecule has 4 N–H and O–H groups in total. The molecule has 1 saturated heterocycles. The number of para-hydroxylation sites is 1. The second-order valence-corrected chi connectivity index (χ2v) is 15.6. The summed E-state index contributed by atoms with van der Waals surface area (Å²) in [7, 11) is -4.42. The highest BCUT2D eigenvalue weighted by Gasteiger charge is 2.49. The number of esters is 1. The van der Waals surface area contributed by atoms with Gasteiger partial charge in [-0.15, -0.1) is 6.58 Å². The number of halogens is 1. The van der Waals surface area contributed by atoms with Crippen molar-refractivity contribution in [2.45, 2.75) is 114 Å². The summed E-state index contributed by atoms with van der Waals surface area (Å²) in [6, 6.07) is 16.5. The molecule has 1 aliphatic heterocycles. The summed E-state index contributed by atoms with van der Waals surface area (Å²) in [5.74, 6) is -0.535. The zero-order valence-corrected chi connectivity index (χ0v) is 32.5. The number of nitrogens with two attached hydrogens (primary N) is 1. The number of anilines is 1. The molecule has 13 nitrogen and oxygen atoms in total. The van der Waals surface area contributed by atoms with Crippen LogP contribution in [0.3, 0.4) is 0 Å². The number of ether oxygens (including phenoxy) is 2. The molecule has 15 heteroatoms. The molecule has 3 heterocycles. The first kappa shape index (κ1) is 42.0. The molecule has 298 valence electrons. The Morgan fingerprint density at radius 2 is 1.69 bits per heavy atom. The van der Waals surface area contributed by atoms with Crippen molar-refractivity contribution in [3.8, 4) is 5.75 Å². The lowest BCUT2D eigenvalue weighted by atomic mass is 9.98. The Morgan fingerprint density at radius 3 is 2.35 bits per heavy atom. The first-order valence-corrected chi connectivity index (χ1v) is 20.8. The van der Waals surface area contributed by atoms with Crippen LogP contribution in [-0.4, -0.2) is 61.6 Å². The van der Waals surface area contributed by atoms with E-state index >= 15 is 0 Å². The van der Waals surface area contributed by atoms with Crippen molar-refractivity contribution in [3.63, 3.8) is 0 Å². The van der Waals surface area contributed by atoms with Gasteiger partial charge in [-0.2, -0.15) is 19.4 Å². The van der Waals surface area contributed by atoms with Gasteiger partial charge in [-0.1, -0.05) is 126 Å². The predicted molar refractivity (Wildman–Crippen MR) is 208 cm³/mol. The Kier molecular flexibility index (Phi) is 15.7. The molecule has 2 aromatic heterocycles.